The van der Waals surface area contributed by atoms with E-state index in [-0.39, 0.29) is 11.3 Å². The minimum Gasteiger partial charge on any atom is -0.465 e. The summed E-state index contributed by atoms with van der Waals surface area (Å²) in [7, 11) is 2.57. The Morgan fingerprint density at radius 2 is 1.27 bits per heavy atom. The van der Waals surface area contributed by atoms with Crippen LogP contribution in [0, 0.1) is 34.6 Å². The Balaban J connectivity index is 2.50. The number of carbonyl (C=O) groups excluding carboxylic acids is 2. The van der Waals surface area contributed by atoms with E-state index in [4.69, 9.17) is 14.6 Å². The highest BCUT2D eigenvalue weighted by Gasteiger charge is 2.33. The lowest BCUT2D eigenvalue weighted by Gasteiger charge is -2.18. The number of esters is 2. The molecular formula is C24H26N2O4. The predicted octanol–water partition coefficient (Wildman–Crippen LogP) is 4.65. The summed E-state index contributed by atoms with van der Waals surface area (Å²) in [5.41, 5.74) is 7.49. The van der Waals surface area contributed by atoms with Crippen LogP contribution in [-0.4, -0.2) is 35.9 Å². The monoisotopic (exact) mass is 406 g/mol. The topological polar surface area (TPSA) is 70.4 Å². The number of nitrogens with zero attached hydrogens (tertiary/aromatic N) is 2. The summed E-state index contributed by atoms with van der Waals surface area (Å²) in [5.74, 6) is -1.30. The van der Waals surface area contributed by atoms with Crippen molar-refractivity contribution in [3.05, 3.63) is 69.4 Å². The van der Waals surface area contributed by atoms with Crippen LogP contribution in [-0.2, 0) is 9.47 Å². The van der Waals surface area contributed by atoms with Gasteiger partial charge in [0.1, 0.15) is 11.3 Å². The van der Waals surface area contributed by atoms with E-state index in [1.807, 2.05) is 58.0 Å². The first-order valence-electron chi connectivity index (χ1n) is 9.66. The van der Waals surface area contributed by atoms with E-state index in [0.717, 1.165) is 27.8 Å². The number of para-hydroxylation sites is 1. The smallest absolute Gasteiger partial charge is 0.357 e. The van der Waals surface area contributed by atoms with Gasteiger partial charge in [0.25, 0.3) is 0 Å². The highest BCUT2D eigenvalue weighted by atomic mass is 16.5. The molecule has 0 fully saturated rings. The lowest BCUT2D eigenvalue weighted by atomic mass is 9.87. The van der Waals surface area contributed by atoms with Gasteiger partial charge in [-0.3, -0.25) is 0 Å². The number of benzene rings is 2. The Bertz CT molecular complexity index is 1110. The zero-order chi connectivity index (χ0) is 22.2. The SMILES string of the molecule is COC(=O)c1c(-c2c(C)c(C)c(C)c(C)c2C)nn(-c2ccccc2)c1C(=O)OC. The fraction of sp³-hybridized carbons (Fsp3) is 0.292. The molecule has 156 valence electrons. The van der Waals surface area contributed by atoms with Crippen LogP contribution in [0.1, 0.15) is 48.7 Å². The average molecular weight is 406 g/mol. The molecule has 3 aromatic rings. The Labute approximate surface area is 176 Å². The summed E-state index contributed by atoms with van der Waals surface area (Å²) < 4.78 is 11.5. The molecule has 0 bridgehead atoms. The second-order valence-corrected chi connectivity index (χ2v) is 7.30. The molecule has 0 spiro atoms. The summed E-state index contributed by atoms with van der Waals surface area (Å²) in [6, 6.07) is 9.18. The van der Waals surface area contributed by atoms with Gasteiger partial charge >= 0.3 is 11.9 Å². The Kier molecular flexibility index (Phi) is 5.78. The minimum absolute atomic E-state index is 0.0419. The zero-order valence-electron chi connectivity index (χ0n) is 18.4. The highest BCUT2D eigenvalue weighted by Crippen LogP contribution is 2.37. The minimum atomic E-state index is -0.658. The maximum Gasteiger partial charge on any atom is 0.357 e. The van der Waals surface area contributed by atoms with Gasteiger partial charge in [-0.25, -0.2) is 14.3 Å². The van der Waals surface area contributed by atoms with Crippen LogP contribution in [0.25, 0.3) is 16.9 Å². The molecule has 0 saturated carbocycles. The standard InChI is InChI=1S/C24H26N2O4/c1-13-14(2)16(4)19(17(5)15(13)3)21-20(23(27)29-6)22(24(28)30-7)26(25-21)18-11-9-8-10-12-18/h8-12H,1-7H3. The zero-order valence-corrected chi connectivity index (χ0v) is 18.4. The molecule has 6 heteroatoms. The van der Waals surface area contributed by atoms with Gasteiger partial charge in [-0.1, -0.05) is 18.2 Å². The molecule has 0 N–H and O–H groups in total. The van der Waals surface area contributed by atoms with Crippen LogP contribution >= 0.6 is 0 Å². The number of aromatic nitrogens is 2. The average Bonchev–Trinajstić information content (AvgIpc) is 3.16. The van der Waals surface area contributed by atoms with Crippen molar-refractivity contribution in [1.29, 1.82) is 0 Å². The third-order valence-corrected chi connectivity index (χ3v) is 5.89. The molecule has 0 saturated heterocycles. The number of ether oxygens (including phenoxy) is 2. The van der Waals surface area contributed by atoms with Gasteiger partial charge in [0.15, 0.2) is 5.69 Å². The fourth-order valence-electron chi connectivity index (χ4n) is 3.78. The molecule has 0 aliphatic heterocycles. The molecule has 0 aliphatic rings. The van der Waals surface area contributed by atoms with Crippen LogP contribution in [0.4, 0.5) is 0 Å². The normalized spacial score (nSPS) is 10.8. The van der Waals surface area contributed by atoms with E-state index in [1.165, 1.54) is 24.5 Å². The highest BCUT2D eigenvalue weighted by molar-refractivity contribution is 6.07. The van der Waals surface area contributed by atoms with E-state index in [1.54, 1.807) is 0 Å². The Hall–Kier alpha value is -3.41. The van der Waals surface area contributed by atoms with Crippen LogP contribution in [0.5, 0.6) is 0 Å². The molecule has 3 rings (SSSR count). The lowest BCUT2D eigenvalue weighted by Crippen LogP contribution is -2.15. The summed E-state index contributed by atoms with van der Waals surface area (Å²) in [6.45, 7) is 10.2. The first kappa shape index (κ1) is 21.3. The number of rotatable bonds is 4. The molecule has 0 atom stereocenters. The third-order valence-electron chi connectivity index (χ3n) is 5.89. The molecule has 0 unspecified atom stereocenters. The van der Waals surface area contributed by atoms with Crippen molar-refractivity contribution in [2.75, 3.05) is 14.2 Å². The third kappa shape index (κ3) is 3.28. The molecule has 0 radical (unpaired) electrons. The summed E-state index contributed by atoms with van der Waals surface area (Å²) in [5, 5.41) is 4.74. The second-order valence-electron chi connectivity index (χ2n) is 7.30. The summed E-state index contributed by atoms with van der Waals surface area (Å²) in [4.78, 5) is 25.6. The lowest BCUT2D eigenvalue weighted by molar-refractivity contribution is 0.0549. The first-order valence-corrected chi connectivity index (χ1v) is 9.66. The Morgan fingerprint density at radius 3 is 1.77 bits per heavy atom. The van der Waals surface area contributed by atoms with E-state index in [9.17, 15) is 9.59 Å². The molecule has 6 nitrogen and oxygen atoms in total. The number of methoxy groups -OCH3 is 2. The van der Waals surface area contributed by atoms with Crippen molar-refractivity contribution >= 4 is 11.9 Å². The molecule has 30 heavy (non-hydrogen) atoms. The maximum absolute atomic E-state index is 12.9. The van der Waals surface area contributed by atoms with E-state index < -0.39 is 11.9 Å². The van der Waals surface area contributed by atoms with Gasteiger partial charge in [-0.2, -0.15) is 5.10 Å². The van der Waals surface area contributed by atoms with Crippen LogP contribution < -0.4 is 0 Å². The van der Waals surface area contributed by atoms with E-state index >= 15 is 0 Å². The summed E-state index contributed by atoms with van der Waals surface area (Å²) >= 11 is 0. The molecular weight excluding hydrogens is 380 g/mol. The molecule has 1 heterocycles. The van der Waals surface area contributed by atoms with Crippen molar-refractivity contribution in [1.82, 2.24) is 9.78 Å². The van der Waals surface area contributed by atoms with Gasteiger partial charge < -0.3 is 9.47 Å². The van der Waals surface area contributed by atoms with Gasteiger partial charge in [0, 0.05) is 5.56 Å². The van der Waals surface area contributed by atoms with Gasteiger partial charge in [0.2, 0.25) is 0 Å². The van der Waals surface area contributed by atoms with Crippen molar-refractivity contribution in [3.63, 3.8) is 0 Å². The van der Waals surface area contributed by atoms with Crippen LogP contribution in [0.15, 0.2) is 30.3 Å². The van der Waals surface area contributed by atoms with E-state index in [0.29, 0.717) is 11.4 Å². The van der Waals surface area contributed by atoms with Crippen LogP contribution in [0.3, 0.4) is 0 Å². The fourth-order valence-corrected chi connectivity index (χ4v) is 3.78. The van der Waals surface area contributed by atoms with Crippen molar-refractivity contribution in [2.24, 2.45) is 0 Å². The largest absolute Gasteiger partial charge is 0.465 e. The Morgan fingerprint density at radius 1 is 0.767 bits per heavy atom. The summed E-state index contributed by atoms with van der Waals surface area (Å²) in [6.07, 6.45) is 0. The van der Waals surface area contributed by atoms with Crippen molar-refractivity contribution < 1.29 is 19.1 Å². The predicted molar refractivity (Wildman–Crippen MR) is 115 cm³/mol. The molecule has 0 aliphatic carbocycles. The molecule has 2 aromatic carbocycles. The van der Waals surface area contributed by atoms with E-state index in [2.05, 4.69) is 6.92 Å². The van der Waals surface area contributed by atoms with Crippen molar-refractivity contribution in [3.8, 4) is 16.9 Å². The van der Waals surface area contributed by atoms with Crippen molar-refractivity contribution in [2.45, 2.75) is 34.6 Å². The second kappa shape index (κ2) is 8.14. The first-order chi connectivity index (χ1) is 14.2. The molecule has 1 aromatic heterocycles. The van der Waals surface area contributed by atoms with Crippen LogP contribution in [0.2, 0.25) is 0 Å². The van der Waals surface area contributed by atoms with Gasteiger partial charge in [-0.15, -0.1) is 0 Å². The number of carbonyl (C=O) groups is 2. The number of hydrogen-bond acceptors (Lipinski definition) is 5. The van der Waals surface area contributed by atoms with Gasteiger partial charge in [0.05, 0.1) is 19.9 Å². The number of hydrogen-bond donors (Lipinski definition) is 0. The maximum atomic E-state index is 12.9. The van der Waals surface area contributed by atoms with Gasteiger partial charge in [-0.05, 0) is 74.6 Å². The molecule has 0 amide bonds. The quantitative estimate of drug-likeness (QED) is 0.590.